The fourth-order valence-corrected chi connectivity index (χ4v) is 3.21. The third kappa shape index (κ3) is 4.03. The summed E-state index contributed by atoms with van der Waals surface area (Å²) in [6, 6.07) is 17.0. The van der Waals surface area contributed by atoms with E-state index in [1.807, 2.05) is 56.3 Å². The maximum atomic E-state index is 9.56. The van der Waals surface area contributed by atoms with Gasteiger partial charge in [-0.3, -0.25) is 4.98 Å². The lowest BCUT2D eigenvalue weighted by molar-refractivity contribution is 0.258. The molecule has 0 unspecified atom stereocenters. The van der Waals surface area contributed by atoms with Crippen LogP contribution in [0.5, 0.6) is 5.75 Å². The Morgan fingerprint density at radius 3 is 2.75 bits per heavy atom. The summed E-state index contributed by atoms with van der Waals surface area (Å²) in [7, 11) is 0. The minimum Gasteiger partial charge on any atom is -0.489 e. The normalized spacial score (nSPS) is 11.8. The van der Waals surface area contributed by atoms with Crippen molar-refractivity contribution in [3.8, 4) is 11.8 Å². The van der Waals surface area contributed by atoms with Gasteiger partial charge in [-0.25, -0.2) is 0 Å². The minimum absolute atomic E-state index is 0.0440. The predicted molar refractivity (Wildman–Crippen MR) is 110 cm³/mol. The fraction of sp³-hybridized carbons (Fsp3) is 0.261. The molecule has 5 nitrogen and oxygen atoms in total. The summed E-state index contributed by atoms with van der Waals surface area (Å²) in [6.07, 6.45) is 0.706. The molecule has 0 spiro atoms. The van der Waals surface area contributed by atoms with Gasteiger partial charge in [0.25, 0.3) is 0 Å². The number of aliphatic hydroxyl groups excluding tert-OH is 1. The van der Waals surface area contributed by atoms with Crippen molar-refractivity contribution in [1.29, 1.82) is 10.7 Å². The van der Waals surface area contributed by atoms with Crippen molar-refractivity contribution in [2.75, 3.05) is 6.61 Å². The van der Waals surface area contributed by atoms with E-state index in [1.165, 1.54) is 0 Å². The molecule has 0 fully saturated rings. The molecule has 0 bridgehead atoms. The molecule has 3 rings (SSSR count). The summed E-state index contributed by atoms with van der Waals surface area (Å²) in [4.78, 5) is 4.59. The molecule has 28 heavy (non-hydrogen) atoms. The molecule has 0 saturated heterocycles. The van der Waals surface area contributed by atoms with Crippen LogP contribution in [0.3, 0.4) is 0 Å². The number of hydrogen-bond donors (Lipinski definition) is 2. The number of rotatable bonds is 7. The highest BCUT2D eigenvalue weighted by Crippen LogP contribution is 2.26. The zero-order valence-corrected chi connectivity index (χ0v) is 16.1. The number of nitriles is 1. The second-order valence-electron chi connectivity index (χ2n) is 6.75. The molecule has 0 amide bonds. The maximum Gasteiger partial charge on any atom is 0.122 e. The number of fused-ring (bicyclic) bond motifs is 1. The molecule has 1 aromatic heterocycles. The molecule has 0 aliphatic rings. The Morgan fingerprint density at radius 2 is 2.04 bits per heavy atom. The molecule has 0 saturated carbocycles. The Hall–Kier alpha value is -3.23. The van der Waals surface area contributed by atoms with Crippen LogP contribution in [-0.2, 0) is 6.61 Å². The van der Waals surface area contributed by atoms with Gasteiger partial charge in [0, 0.05) is 39.9 Å². The van der Waals surface area contributed by atoms with Crippen molar-refractivity contribution in [3.05, 3.63) is 70.9 Å². The van der Waals surface area contributed by atoms with Crippen LogP contribution >= 0.6 is 0 Å². The lowest BCUT2D eigenvalue weighted by Crippen LogP contribution is -2.18. The minimum atomic E-state index is -0.191. The first kappa shape index (κ1) is 19.5. The Morgan fingerprint density at radius 1 is 1.25 bits per heavy atom. The van der Waals surface area contributed by atoms with Crippen LogP contribution in [0.4, 0.5) is 0 Å². The topological polar surface area (TPSA) is 90.0 Å². The van der Waals surface area contributed by atoms with E-state index in [-0.39, 0.29) is 12.5 Å². The highest BCUT2D eigenvalue weighted by atomic mass is 16.5. The number of ether oxygens (including phenoxy) is 1. The average Bonchev–Trinajstić information content (AvgIpc) is 2.72. The second kappa shape index (κ2) is 8.64. The van der Waals surface area contributed by atoms with E-state index >= 15 is 0 Å². The molecular weight excluding hydrogens is 350 g/mol. The van der Waals surface area contributed by atoms with E-state index in [2.05, 4.69) is 11.1 Å². The van der Waals surface area contributed by atoms with Crippen LogP contribution in [0.2, 0.25) is 0 Å². The quantitative estimate of drug-likeness (QED) is 0.601. The van der Waals surface area contributed by atoms with E-state index in [0.717, 1.165) is 27.7 Å². The Labute approximate surface area is 164 Å². The molecule has 2 aromatic carbocycles. The lowest BCUT2D eigenvalue weighted by atomic mass is 9.92. The van der Waals surface area contributed by atoms with Gasteiger partial charge < -0.3 is 15.3 Å². The predicted octanol–water partition coefficient (Wildman–Crippen LogP) is 4.38. The summed E-state index contributed by atoms with van der Waals surface area (Å²) >= 11 is 0. The van der Waals surface area contributed by atoms with E-state index in [1.54, 1.807) is 6.07 Å². The van der Waals surface area contributed by atoms with Gasteiger partial charge in [0.05, 0.1) is 23.8 Å². The van der Waals surface area contributed by atoms with Crippen molar-refractivity contribution >= 4 is 16.6 Å². The molecule has 142 valence electrons. The Bertz CT molecular complexity index is 1050. The Kier molecular flexibility index (Phi) is 6.03. The van der Waals surface area contributed by atoms with Gasteiger partial charge in [-0.05, 0) is 37.6 Å². The number of aliphatic hydroxyl groups is 1. The molecule has 2 N–H and O–H groups in total. The molecule has 0 radical (unpaired) electrons. The zero-order chi connectivity index (χ0) is 20.1. The van der Waals surface area contributed by atoms with Crippen LogP contribution in [0.15, 0.2) is 48.5 Å². The van der Waals surface area contributed by atoms with Gasteiger partial charge in [-0.2, -0.15) is 5.26 Å². The number of pyridine rings is 1. The highest BCUT2D eigenvalue weighted by Gasteiger charge is 2.17. The van der Waals surface area contributed by atoms with Gasteiger partial charge in [0.1, 0.15) is 12.4 Å². The standard InChI is InChI=1S/C23H23N3O2/c1-3-16(13-27)23(25)21-10-15(2)26-22-11-19(8-9-20(21)22)28-14-18-7-5-4-6-17(18)12-24/h4-11,16,25,27H,3,13-14H2,1-2H3/t16-/m1/s1. The van der Waals surface area contributed by atoms with Crippen LogP contribution in [0.25, 0.3) is 10.9 Å². The second-order valence-corrected chi connectivity index (χ2v) is 6.75. The molecule has 0 aliphatic heterocycles. The van der Waals surface area contributed by atoms with Gasteiger partial charge in [-0.15, -0.1) is 0 Å². The van der Waals surface area contributed by atoms with Crippen molar-refractivity contribution in [3.63, 3.8) is 0 Å². The third-order valence-corrected chi connectivity index (χ3v) is 4.85. The zero-order valence-electron chi connectivity index (χ0n) is 16.1. The maximum absolute atomic E-state index is 9.56. The fourth-order valence-electron chi connectivity index (χ4n) is 3.21. The molecule has 1 atom stereocenters. The molecule has 5 heteroatoms. The van der Waals surface area contributed by atoms with Crippen LogP contribution in [-0.4, -0.2) is 22.4 Å². The van der Waals surface area contributed by atoms with E-state index in [0.29, 0.717) is 30.1 Å². The van der Waals surface area contributed by atoms with Crippen molar-refractivity contribution in [2.24, 2.45) is 5.92 Å². The lowest BCUT2D eigenvalue weighted by Gasteiger charge is -2.16. The number of nitrogens with zero attached hydrogens (tertiary/aromatic N) is 2. The van der Waals surface area contributed by atoms with E-state index in [9.17, 15) is 10.4 Å². The smallest absolute Gasteiger partial charge is 0.122 e. The number of hydrogen-bond acceptors (Lipinski definition) is 5. The van der Waals surface area contributed by atoms with Gasteiger partial charge in [0.15, 0.2) is 0 Å². The number of aryl methyl sites for hydroxylation is 1. The van der Waals surface area contributed by atoms with E-state index < -0.39 is 0 Å². The first-order valence-corrected chi connectivity index (χ1v) is 9.29. The highest BCUT2D eigenvalue weighted by molar-refractivity contribution is 6.10. The molecule has 3 aromatic rings. The SMILES string of the molecule is CC[C@H](CO)C(=N)c1cc(C)nc2cc(OCc3ccccc3C#N)ccc12. The number of nitrogens with one attached hydrogen (secondary N) is 1. The van der Waals surface area contributed by atoms with Crippen molar-refractivity contribution in [2.45, 2.75) is 26.9 Å². The monoisotopic (exact) mass is 373 g/mol. The van der Waals surface area contributed by atoms with Crippen molar-refractivity contribution < 1.29 is 9.84 Å². The first-order chi connectivity index (χ1) is 13.6. The van der Waals surface area contributed by atoms with Crippen LogP contribution < -0.4 is 4.74 Å². The van der Waals surface area contributed by atoms with Crippen LogP contribution in [0, 0.1) is 29.6 Å². The van der Waals surface area contributed by atoms with Gasteiger partial charge in [-0.1, -0.05) is 25.1 Å². The first-order valence-electron chi connectivity index (χ1n) is 9.29. The molecule has 0 aliphatic carbocycles. The summed E-state index contributed by atoms with van der Waals surface area (Å²) in [5, 5.41) is 28.1. The van der Waals surface area contributed by atoms with Crippen molar-refractivity contribution in [1.82, 2.24) is 4.98 Å². The van der Waals surface area contributed by atoms with Gasteiger partial charge in [0.2, 0.25) is 0 Å². The summed E-state index contributed by atoms with van der Waals surface area (Å²) < 4.78 is 5.89. The van der Waals surface area contributed by atoms with E-state index in [4.69, 9.17) is 10.1 Å². The number of aromatic nitrogens is 1. The largest absolute Gasteiger partial charge is 0.489 e. The Balaban J connectivity index is 1.92. The average molecular weight is 373 g/mol. The number of benzene rings is 2. The summed E-state index contributed by atoms with van der Waals surface area (Å²) in [5.41, 5.74) is 4.22. The third-order valence-electron chi connectivity index (χ3n) is 4.85. The summed E-state index contributed by atoms with van der Waals surface area (Å²) in [5.74, 6) is 0.466. The summed E-state index contributed by atoms with van der Waals surface area (Å²) in [6.45, 7) is 4.12. The van der Waals surface area contributed by atoms with Gasteiger partial charge >= 0.3 is 0 Å². The van der Waals surface area contributed by atoms with Crippen LogP contribution in [0.1, 0.15) is 35.7 Å². The molecular formula is C23H23N3O2. The molecule has 1 heterocycles.